The molecule has 1 saturated heterocycles. The number of benzene rings is 2. The third kappa shape index (κ3) is 6.13. The van der Waals surface area contributed by atoms with E-state index in [1.807, 2.05) is 37.3 Å². The molecule has 10 heteroatoms. The molecule has 1 N–H and O–H groups in total. The van der Waals surface area contributed by atoms with Gasteiger partial charge in [0.1, 0.15) is 6.04 Å². The summed E-state index contributed by atoms with van der Waals surface area (Å²) >= 11 is 0. The van der Waals surface area contributed by atoms with Crippen LogP contribution in [0.15, 0.2) is 59.5 Å². The van der Waals surface area contributed by atoms with E-state index < -0.39 is 28.1 Å². The Hall–Kier alpha value is -2.24. The van der Waals surface area contributed by atoms with Crippen molar-refractivity contribution in [2.75, 3.05) is 7.11 Å². The van der Waals surface area contributed by atoms with Crippen molar-refractivity contribution in [2.24, 2.45) is 17.3 Å². The van der Waals surface area contributed by atoms with E-state index in [1.54, 1.807) is 12.1 Å². The summed E-state index contributed by atoms with van der Waals surface area (Å²) < 4.78 is 53.4. The predicted octanol–water partition coefficient (Wildman–Crippen LogP) is 4.91. The van der Waals surface area contributed by atoms with Crippen LogP contribution in [0.25, 0.3) is 0 Å². The van der Waals surface area contributed by atoms with Crippen molar-refractivity contribution >= 4 is 23.1 Å². The van der Waals surface area contributed by atoms with Gasteiger partial charge in [-0.2, -0.15) is 4.72 Å². The second-order valence-electron chi connectivity index (χ2n) is 12.6. The number of hydrogen-bond donors (Lipinski definition) is 1. The lowest BCUT2D eigenvalue weighted by atomic mass is 9.43. The minimum atomic E-state index is -4.02. The molecule has 0 aromatic heterocycles. The molecule has 6 rings (SSSR count). The molecule has 0 unspecified atom stereocenters. The zero-order chi connectivity index (χ0) is 29.4. The molecule has 2 aromatic carbocycles. The number of ether oxygens (including phenoxy) is 2. The summed E-state index contributed by atoms with van der Waals surface area (Å²) in [6.07, 6.45) is 3.17. The molecule has 1 heterocycles. The Labute approximate surface area is 244 Å². The molecule has 6 atom stereocenters. The third-order valence-electron chi connectivity index (χ3n) is 9.68. The van der Waals surface area contributed by atoms with Crippen molar-refractivity contribution in [3.05, 3.63) is 65.7 Å². The highest BCUT2D eigenvalue weighted by Gasteiger charge is 2.67. The average molecular weight is 584 g/mol. The van der Waals surface area contributed by atoms with E-state index in [-0.39, 0.29) is 35.7 Å². The number of hydrogen-bond acceptors (Lipinski definition) is 7. The molecule has 0 amide bonds. The van der Waals surface area contributed by atoms with Crippen LogP contribution in [-0.4, -0.2) is 52.5 Å². The highest BCUT2D eigenvalue weighted by molar-refractivity contribution is 7.89. The molecule has 0 spiro atoms. The van der Waals surface area contributed by atoms with Gasteiger partial charge in [0, 0.05) is 0 Å². The lowest BCUT2D eigenvalue weighted by molar-refractivity contribution is -0.199. The molecule has 3 aliphatic carbocycles. The monoisotopic (exact) mass is 583 g/mol. The number of methoxy groups -OCH3 is 1. The smallest absolute Gasteiger partial charge is 0.457 e. The van der Waals surface area contributed by atoms with E-state index in [1.165, 1.54) is 25.7 Å². The number of sulfonamides is 1. The molecule has 4 fully saturated rings. The molecular weight excluding hydrogens is 541 g/mol. The van der Waals surface area contributed by atoms with Crippen molar-refractivity contribution in [2.45, 2.75) is 95.1 Å². The molecule has 2 bridgehead atoms. The van der Waals surface area contributed by atoms with Gasteiger partial charge in [0.15, 0.2) is 0 Å². The predicted molar refractivity (Wildman–Crippen MR) is 156 cm³/mol. The van der Waals surface area contributed by atoms with Crippen LogP contribution in [0, 0.1) is 24.2 Å². The van der Waals surface area contributed by atoms with Gasteiger partial charge >= 0.3 is 13.1 Å². The molecular formula is C31H42BNO7S. The van der Waals surface area contributed by atoms with Crippen LogP contribution in [0.1, 0.15) is 57.6 Å². The minimum Gasteiger partial charge on any atom is -0.468 e. The van der Waals surface area contributed by atoms with Gasteiger partial charge in [0.25, 0.3) is 0 Å². The summed E-state index contributed by atoms with van der Waals surface area (Å²) in [5.74, 6) is 0.448. The maximum absolute atomic E-state index is 13.3. The largest absolute Gasteiger partial charge is 0.468 e. The first-order chi connectivity index (χ1) is 19.4. The first kappa shape index (κ1) is 30.2. The Kier molecular flexibility index (Phi) is 8.70. The molecule has 3 saturated carbocycles. The van der Waals surface area contributed by atoms with Crippen LogP contribution in [0.4, 0.5) is 0 Å². The summed E-state index contributed by atoms with van der Waals surface area (Å²) in [4.78, 5) is 13.1. The van der Waals surface area contributed by atoms with Gasteiger partial charge in [-0.3, -0.25) is 4.79 Å². The van der Waals surface area contributed by atoms with Crippen molar-refractivity contribution in [3.63, 3.8) is 0 Å². The Bertz CT molecular complexity index is 1320. The lowest BCUT2D eigenvalue weighted by Crippen LogP contribution is -2.65. The Morgan fingerprint density at radius 1 is 1.10 bits per heavy atom. The Morgan fingerprint density at radius 3 is 2.46 bits per heavy atom. The number of esters is 1. The van der Waals surface area contributed by atoms with Crippen LogP contribution in [0.3, 0.4) is 0 Å². The maximum Gasteiger partial charge on any atom is 0.457 e. The van der Waals surface area contributed by atoms with Gasteiger partial charge in [-0.1, -0.05) is 68.3 Å². The lowest BCUT2D eigenvalue weighted by Gasteiger charge is -2.64. The summed E-state index contributed by atoms with van der Waals surface area (Å²) in [7, 11) is -3.10. The van der Waals surface area contributed by atoms with Crippen molar-refractivity contribution in [1.82, 2.24) is 4.72 Å². The Morgan fingerprint density at radius 2 is 1.80 bits per heavy atom. The van der Waals surface area contributed by atoms with Crippen molar-refractivity contribution < 1.29 is 32.0 Å². The zero-order valence-electron chi connectivity index (χ0n) is 24.7. The summed E-state index contributed by atoms with van der Waals surface area (Å²) in [5.41, 5.74) is 1.83. The van der Waals surface area contributed by atoms with E-state index >= 15 is 0 Å². The van der Waals surface area contributed by atoms with Crippen LogP contribution in [0.2, 0.25) is 6.32 Å². The highest BCUT2D eigenvalue weighted by atomic mass is 32.2. The van der Waals surface area contributed by atoms with Crippen molar-refractivity contribution in [1.29, 1.82) is 0 Å². The number of nitrogens with one attached hydrogen (secondary N) is 1. The fourth-order valence-electron chi connectivity index (χ4n) is 7.04. The van der Waals surface area contributed by atoms with E-state index in [0.29, 0.717) is 31.0 Å². The third-order valence-corrected chi connectivity index (χ3v) is 11.1. The quantitative estimate of drug-likeness (QED) is 0.280. The molecule has 222 valence electrons. The zero-order valence-corrected chi connectivity index (χ0v) is 25.5. The number of rotatable bonds is 12. The van der Waals surface area contributed by atoms with E-state index in [9.17, 15) is 13.2 Å². The Balaban J connectivity index is 1.29. The van der Waals surface area contributed by atoms with Crippen LogP contribution in [-0.2, 0) is 40.2 Å². The van der Waals surface area contributed by atoms with Gasteiger partial charge in [0.05, 0.1) is 36.4 Å². The highest BCUT2D eigenvalue weighted by Crippen LogP contribution is 2.65. The SMILES string of the molecule is COC(=O)[C@@H](NS(=O)(=O)c1ccc(C)cc1)[C@H](CCCB1O[C@H]2C[C@@H]3C[C@@H](C3(C)C)[C@]2(C)O1)OCc1ccccc1. The fraction of sp³-hybridized carbons (Fsp3) is 0.581. The van der Waals surface area contributed by atoms with Crippen LogP contribution in [0.5, 0.6) is 0 Å². The fourth-order valence-corrected chi connectivity index (χ4v) is 8.25. The molecule has 2 aromatic rings. The number of carbonyl (C=O) groups excluding carboxylic acids is 1. The average Bonchev–Trinajstić information content (AvgIpc) is 3.30. The van der Waals surface area contributed by atoms with Gasteiger partial charge in [-0.25, -0.2) is 8.42 Å². The first-order valence-electron chi connectivity index (χ1n) is 14.6. The summed E-state index contributed by atoms with van der Waals surface area (Å²) in [5, 5.41) is 0. The molecule has 41 heavy (non-hydrogen) atoms. The molecule has 8 nitrogen and oxygen atoms in total. The number of aryl methyl sites for hydroxylation is 1. The van der Waals surface area contributed by atoms with E-state index in [2.05, 4.69) is 25.5 Å². The maximum atomic E-state index is 13.3. The van der Waals surface area contributed by atoms with Crippen LogP contribution < -0.4 is 4.72 Å². The molecule has 1 aliphatic heterocycles. The summed E-state index contributed by atoms with van der Waals surface area (Å²) in [6, 6.07) is 14.8. The summed E-state index contributed by atoms with van der Waals surface area (Å²) in [6.45, 7) is 8.97. The van der Waals surface area contributed by atoms with Crippen LogP contribution >= 0.6 is 0 Å². The molecule has 4 aliphatic rings. The second-order valence-corrected chi connectivity index (χ2v) is 14.3. The first-order valence-corrected chi connectivity index (χ1v) is 16.1. The molecule has 0 radical (unpaired) electrons. The number of carbonyl (C=O) groups is 1. The van der Waals surface area contributed by atoms with Gasteiger partial charge in [-0.15, -0.1) is 0 Å². The standard InChI is InChI=1S/C31H42BNO7S/c1-21-13-15-24(16-14-21)41(35,36)33-28(29(34)37-5)25(38-20-22-10-7-6-8-11-22)12-9-17-32-39-27-19-23-18-26(30(23,2)3)31(27,4)40-32/h6-8,10-11,13-16,23,25-28,33H,9,12,17-20H2,1-5H3/t23-,25-,26-,27-,28-,31-/m0/s1. The van der Waals surface area contributed by atoms with Crippen molar-refractivity contribution in [3.8, 4) is 0 Å². The normalized spacial score (nSPS) is 27.9. The second kappa shape index (κ2) is 11.8. The van der Waals surface area contributed by atoms with Gasteiger partial charge in [-0.05, 0) is 74.4 Å². The van der Waals surface area contributed by atoms with Gasteiger partial charge in [0.2, 0.25) is 10.0 Å². The topological polar surface area (TPSA) is 100 Å². The van der Waals surface area contributed by atoms with E-state index in [4.69, 9.17) is 18.8 Å². The van der Waals surface area contributed by atoms with E-state index in [0.717, 1.165) is 17.5 Å². The minimum absolute atomic E-state index is 0.0729. The van der Waals surface area contributed by atoms with Gasteiger partial charge < -0.3 is 18.8 Å².